The lowest BCUT2D eigenvalue weighted by atomic mass is 10.2. The Bertz CT molecular complexity index is 364. The summed E-state index contributed by atoms with van der Waals surface area (Å²) >= 11 is 3.33. The van der Waals surface area contributed by atoms with Crippen molar-refractivity contribution < 1.29 is 9.53 Å². The van der Waals surface area contributed by atoms with Crippen LogP contribution in [0.3, 0.4) is 0 Å². The Kier molecular flexibility index (Phi) is 6.22. The normalized spacial score (nSPS) is 10.6. The topological polar surface area (TPSA) is 29.5 Å². The van der Waals surface area contributed by atoms with E-state index in [4.69, 9.17) is 4.74 Å². The number of likely N-dealkylation sites (N-methyl/N-ethyl adjacent to an activating group) is 1. The number of halogens is 1. The number of carbonyl (C=O) groups excluding carboxylic acids is 1. The minimum Gasteiger partial charge on any atom is -0.492 e. The molecule has 0 radical (unpaired) electrons. The summed E-state index contributed by atoms with van der Waals surface area (Å²) in [5.74, 6) is 0.648. The highest BCUT2D eigenvalue weighted by atomic mass is 79.9. The number of ether oxygens (including phenoxy) is 1. The summed E-state index contributed by atoms with van der Waals surface area (Å²) in [6, 6.07) is 5.45. The van der Waals surface area contributed by atoms with Gasteiger partial charge in [-0.15, -0.1) is 0 Å². The number of benzene rings is 1. The van der Waals surface area contributed by atoms with E-state index in [-0.39, 0.29) is 0 Å². The maximum atomic E-state index is 10.9. The van der Waals surface area contributed by atoms with E-state index in [1.807, 2.05) is 12.1 Å². The van der Waals surface area contributed by atoms with Crippen molar-refractivity contribution >= 4 is 22.2 Å². The third-order valence-electron chi connectivity index (χ3n) is 2.66. The zero-order valence-corrected chi connectivity index (χ0v) is 11.9. The molecular weight excluding hydrogens is 282 g/mol. The van der Waals surface area contributed by atoms with Crippen LogP contribution in [0.1, 0.15) is 24.2 Å². The maximum absolute atomic E-state index is 10.9. The average molecular weight is 300 g/mol. The van der Waals surface area contributed by atoms with Gasteiger partial charge in [-0.3, -0.25) is 4.79 Å². The fourth-order valence-electron chi connectivity index (χ4n) is 1.57. The third-order valence-corrected chi connectivity index (χ3v) is 3.15. The molecule has 94 valence electrons. The van der Waals surface area contributed by atoms with Crippen LogP contribution in [-0.4, -0.2) is 37.4 Å². The molecule has 0 aliphatic heterocycles. The maximum Gasteiger partial charge on any atom is 0.153 e. The van der Waals surface area contributed by atoms with Gasteiger partial charge in [0.15, 0.2) is 6.29 Å². The summed E-state index contributed by atoms with van der Waals surface area (Å²) in [7, 11) is 0. The van der Waals surface area contributed by atoms with Gasteiger partial charge in [-0.2, -0.15) is 0 Å². The molecule has 0 fully saturated rings. The molecule has 0 aliphatic carbocycles. The molecule has 0 spiro atoms. The summed E-state index contributed by atoms with van der Waals surface area (Å²) in [4.78, 5) is 13.2. The van der Waals surface area contributed by atoms with Crippen LogP contribution < -0.4 is 4.74 Å². The Labute approximate surface area is 111 Å². The van der Waals surface area contributed by atoms with E-state index in [0.717, 1.165) is 30.4 Å². The molecule has 1 aromatic rings. The van der Waals surface area contributed by atoms with Crippen molar-refractivity contribution in [3.05, 3.63) is 28.2 Å². The molecule has 0 saturated heterocycles. The first-order chi connectivity index (χ1) is 8.21. The first kappa shape index (κ1) is 14.2. The van der Waals surface area contributed by atoms with Gasteiger partial charge < -0.3 is 9.64 Å². The van der Waals surface area contributed by atoms with Crippen LogP contribution >= 0.6 is 15.9 Å². The first-order valence-electron chi connectivity index (χ1n) is 5.81. The predicted molar refractivity (Wildman–Crippen MR) is 72.8 cm³/mol. The monoisotopic (exact) mass is 299 g/mol. The Balaban J connectivity index is 2.54. The zero-order valence-electron chi connectivity index (χ0n) is 10.3. The molecule has 0 N–H and O–H groups in total. The Morgan fingerprint density at radius 2 is 2.06 bits per heavy atom. The molecule has 4 heteroatoms. The molecule has 0 aromatic heterocycles. The Hall–Kier alpha value is -0.870. The second kappa shape index (κ2) is 7.45. The summed E-state index contributed by atoms with van der Waals surface area (Å²) in [5.41, 5.74) is 0.582. The van der Waals surface area contributed by atoms with Gasteiger partial charge in [-0.05, 0) is 31.3 Å². The van der Waals surface area contributed by atoms with Crippen molar-refractivity contribution in [3.8, 4) is 5.75 Å². The van der Waals surface area contributed by atoms with E-state index in [0.29, 0.717) is 17.9 Å². The highest BCUT2D eigenvalue weighted by Gasteiger charge is 2.04. The standard InChI is InChI=1S/C13H18BrNO2/c1-3-15(4-2)7-8-17-13-6-5-12(14)9-11(13)10-16/h5-6,9-10H,3-4,7-8H2,1-2H3. The molecule has 1 aromatic carbocycles. The molecule has 1 rings (SSSR count). The summed E-state index contributed by atoms with van der Waals surface area (Å²) in [5, 5.41) is 0. The van der Waals surface area contributed by atoms with Crippen molar-refractivity contribution in [3.63, 3.8) is 0 Å². The van der Waals surface area contributed by atoms with Gasteiger partial charge in [0.25, 0.3) is 0 Å². The predicted octanol–water partition coefficient (Wildman–Crippen LogP) is 2.98. The number of rotatable bonds is 7. The van der Waals surface area contributed by atoms with Gasteiger partial charge in [0.05, 0.1) is 5.56 Å². The fourth-order valence-corrected chi connectivity index (χ4v) is 1.95. The smallest absolute Gasteiger partial charge is 0.153 e. The summed E-state index contributed by atoms with van der Waals surface area (Å²) in [6.07, 6.45) is 0.817. The van der Waals surface area contributed by atoms with Crippen LogP contribution in [0.5, 0.6) is 5.75 Å². The van der Waals surface area contributed by atoms with E-state index in [1.54, 1.807) is 6.07 Å². The van der Waals surface area contributed by atoms with Crippen LogP contribution in [-0.2, 0) is 0 Å². The van der Waals surface area contributed by atoms with Crippen molar-refractivity contribution in [2.75, 3.05) is 26.2 Å². The highest BCUT2D eigenvalue weighted by Crippen LogP contribution is 2.21. The Morgan fingerprint density at radius 1 is 1.35 bits per heavy atom. The van der Waals surface area contributed by atoms with Crippen molar-refractivity contribution in [1.29, 1.82) is 0 Å². The quantitative estimate of drug-likeness (QED) is 0.725. The molecule has 0 unspecified atom stereocenters. The number of nitrogens with zero attached hydrogens (tertiary/aromatic N) is 1. The molecule has 0 saturated carbocycles. The van der Waals surface area contributed by atoms with Gasteiger partial charge in [-0.1, -0.05) is 29.8 Å². The number of aldehydes is 1. The van der Waals surface area contributed by atoms with Crippen LogP contribution in [0.25, 0.3) is 0 Å². The molecule has 17 heavy (non-hydrogen) atoms. The summed E-state index contributed by atoms with van der Waals surface area (Å²) < 4.78 is 6.51. The van der Waals surface area contributed by atoms with Crippen LogP contribution in [0.2, 0.25) is 0 Å². The third kappa shape index (κ3) is 4.48. The van der Waals surface area contributed by atoms with E-state index >= 15 is 0 Å². The SMILES string of the molecule is CCN(CC)CCOc1ccc(Br)cc1C=O. The molecule has 0 bridgehead atoms. The van der Waals surface area contributed by atoms with Gasteiger partial charge in [0.2, 0.25) is 0 Å². The molecular formula is C13H18BrNO2. The van der Waals surface area contributed by atoms with Gasteiger partial charge in [0, 0.05) is 11.0 Å². The van der Waals surface area contributed by atoms with Crippen molar-refractivity contribution in [1.82, 2.24) is 4.90 Å². The van der Waals surface area contributed by atoms with E-state index in [2.05, 4.69) is 34.7 Å². The second-order valence-corrected chi connectivity index (χ2v) is 4.59. The fraction of sp³-hybridized carbons (Fsp3) is 0.462. The van der Waals surface area contributed by atoms with E-state index in [9.17, 15) is 4.79 Å². The van der Waals surface area contributed by atoms with Gasteiger partial charge in [-0.25, -0.2) is 0 Å². The molecule has 0 heterocycles. The van der Waals surface area contributed by atoms with Crippen molar-refractivity contribution in [2.24, 2.45) is 0 Å². The second-order valence-electron chi connectivity index (χ2n) is 3.68. The average Bonchev–Trinajstić information content (AvgIpc) is 2.36. The zero-order chi connectivity index (χ0) is 12.7. The van der Waals surface area contributed by atoms with Gasteiger partial charge >= 0.3 is 0 Å². The molecule has 0 amide bonds. The molecule has 0 aliphatic rings. The number of hydrogen-bond donors (Lipinski definition) is 0. The van der Waals surface area contributed by atoms with Crippen molar-refractivity contribution in [2.45, 2.75) is 13.8 Å². The number of carbonyl (C=O) groups is 1. The lowest BCUT2D eigenvalue weighted by Crippen LogP contribution is -2.28. The Morgan fingerprint density at radius 3 is 2.65 bits per heavy atom. The minimum atomic E-state index is 0.582. The molecule has 3 nitrogen and oxygen atoms in total. The number of hydrogen-bond acceptors (Lipinski definition) is 3. The van der Waals surface area contributed by atoms with Crippen LogP contribution in [0, 0.1) is 0 Å². The van der Waals surface area contributed by atoms with Gasteiger partial charge in [0.1, 0.15) is 12.4 Å². The largest absolute Gasteiger partial charge is 0.492 e. The van der Waals surface area contributed by atoms with E-state index in [1.165, 1.54) is 0 Å². The first-order valence-corrected chi connectivity index (χ1v) is 6.60. The molecule has 0 atom stereocenters. The van der Waals surface area contributed by atoms with E-state index < -0.39 is 0 Å². The highest BCUT2D eigenvalue weighted by molar-refractivity contribution is 9.10. The minimum absolute atomic E-state index is 0.582. The summed E-state index contributed by atoms with van der Waals surface area (Å²) in [6.45, 7) is 7.76. The van der Waals surface area contributed by atoms with Crippen LogP contribution in [0.15, 0.2) is 22.7 Å². The van der Waals surface area contributed by atoms with Crippen LogP contribution in [0.4, 0.5) is 0 Å². The lowest BCUT2D eigenvalue weighted by molar-refractivity contribution is 0.111. The lowest BCUT2D eigenvalue weighted by Gasteiger charge is -2.18.